The first kappa shape index (κ1) is 9.57. The van der Waals surface area contributed by atoms with Crippen molar-refractivity contribution in [1.82, 2.24) is 0 Å². The summed E-state index contributed by atoms with van der Waals surface area (Å²) in [4.78, 5) is 0.811. The maximum absolute atomic E-state index is 3.71. The molecule has 11 heavy (non-hydrogen) atoms. The minimum absolute atomic E-state index is 0.811. The van der Waals surface area contributed by atoms with Crippen LogP contribution in [0.15, 0.2) is 0 Å². The number of alkyl halides is 1. The number of hydrogen-bond acceptors (Lipinski definition) is 0. The molecule has 0 saturated heterocycles. The lowest BCUT2D eigenvalue weighted by atomic mass is 9.89. The van der Waals surface area contributed by atoms with Gasteiger partial charge in [-0.3, -0.25) is 0 Å². The molecule has 1 fully saturated rings. The van der Waals surface area contributed by atoms with Crippen molar-refractivity contribution < 1.29 is 0 Å². The lowest BCUT2D eigenvalue weighted by Gasteiger charge is -2.17. The van der Waals surface area contributed by atoms with Gasteiger partial charge in [-0.25, -0.2) is 0 Å². The van der Waals surface area contributed by atoms with Gasteiger partial charge in [-0.15, -0.1) is 0 Å². The van der Waals surface area contributed by atoms with Crippen molar-refractivity contribution in [1.29, 1.82) is 0 Å². The Hall–Kier alpha value is 0.480. The molecule has 1 aliphatic rings. The summed E-state index contributed by atoms with van der Waals surface area (Å²) in [6.45, 7) is 4.72. The van der Waals surface area contributed by atoms with Crippen LogP contribution in [0.3, 0.4) is 0 Å². The molecule has 2 atom stereocenters. The molecule has 1 rings (SSSR count). The van der Waals surface area contributed by atoms with E-state index in [1.54, 1.807) is 0 Å². The topological polar surface area (TPSA) is 0 Å². The standard InChI is InChI=1S/C10H19Br/c1-8(2)9-4-3-5-10(11)7-6-9/h8-10H,3-7H2,1-2H3. The van der Waals surface area contributed by atoms with Crippen LogP contribution in [-0.4, -0.2) is 4.83 Å². The van der Waals surface area contributed by atoms with Gasteiger partial charge in [0.2, 0.25) is 0 Å². The van der Waals surface area contributed by atoms with Crippen LogP contribution in [0.1, 0.15) is 46.0 Å². The zero-order chi connectivity index (χ0) is 8.27. The highest BCUT2D eigenvalue weighted by Gasteiger charge is 2.18. The van der Waals surface area contributed by atoms with E-state index in [0.717, 1.165) is 16.7 Å². The Morgan fingerprint density at radius 3 is 2.45 bits per heavy atom. The first-order chi connectivity index (χ1) is 5.20. The van der Waals surface area contributed by atoms with Crippen LogP contribution in [0.2, 0.25) is 0 Å². The molecule has 0 spiro atoms. The summed E-state index contributed by atoms with van der Waals surface area (Å²) in [6.07, 6.45) is 7.11. The summed E-state index contributed by atoms with van der Waals surface area (Å²) in [5.74, 6) is 1.89. The second kappa shape index (κ2) is 4.49. The van der Waals surface area contributed by atoms with E-state index >= 15 is 0 Å². The molecule has 1 saturated carbocycles. The van der Waals surface area contributed by atoms with E-state index in [1.165, 1.54) is 32.1 Å². The lowest BCUT2D eigenvalue weighted by molar-refractivity contribution is 0.343. The zero-order valence-electron chi connectivity index (χ0n) is 7.65. The maximum atomic E-state index is 3.71. The van der Waals surface area contributed by atoms with Crippen molar-refractivity contribution in [3.63, 3.8) is 0 Å². The molecule has 0 amide bonds. The molecule has 0 N–H and O–H groups in total. The van der Waals surface area contributed by atoms with E-state index in [0.29, 0.717) is 0 Å². The third-order valence-electron chi connectivity index (χ3n) is 2.89. The van der Waals surface area contributed by atoms with Gasteiger partial charge in [0.1, 0.15) is 0 Å². The molecule has 66 valence electrons. The third kappa shape index (κ3) is 3.14. The normalized spacial score (nSPS) is 33.8. The Bertz CT molecular complexity index is 109. The zero-order valence-corrected chi connectivity index (χ0v) is 9.23. The molecule has 1 heteroatoms. The minimum Gasteiger partial charge on any atom is -0.0891 e. The predicted molar refractivity (Wildman–Crippen MR) is 54.1 cm³/mol. The van der Waals surface area contributed by atoms with Gasteiger partial charge in [0.15, 0.2) is 0 Å². The molecule has 1 aliphatic carbocycles. The average molecular weight is 219 g/mol. The summed E-state index contributed by atoms with van der Waals surface area (Å²) in [5, 5.41) is 0. The van der Waals surface area contributed by atoms with Gasteiger partial charge < -0.3 is 0 Å². The first-order valence-corrected chi connectivity index (χ1v) is 5.75. The molecule has 0 aromatic carbocycles. The summed E-state index contributed by atoms with van der Waals surface area (Å²) < 4.78 is 0. The summed E-state index contributed by atoms with van der Waals surface area (Å²) in [5.41, 5.74) is 0. The predicted octanol–water partition coefficient (Wildman–Crippen LogP) is 3.99. The Morgan fingerprint density at radius 2 is 1.82 bits per heavy atom. The van der Waals surface area contributed by atoms with Gasteiger partial charge in [0, 0.05) is 4.83 Å². The smallest absolute Gasteiger partial charge is 0.0145 e. The molecule has 0 aromatic rings. The molecule has 0 aliphatic heterocycles. The van der Waals surface area contributed by atoms with Gasteiger partial charge in [-0.2, -0.15) is 0 Å². The Balaban J connectivity index is 2.34. The van der Waals surface area contributed by atoms with Crippen molar-refractivity contribution in [3.8, 4) is 0 Å². The molecule has 2 unspecified atom stereocenters. The highest BCUT2D eigenvalue weighted by Crippen LogP contribution is 2.31. The van der Waals surface area contributed by atoms with Crippen LogP contribution in [-0.2, 0) is 0 Å². The fourth-order valence-corrected chi connectivity index (χ4v) is 2.54. The van der Waals surface area contributed by atoms with Crippen LogP contribution < -0.4 is 0 Å². The highest BCUT2D eigenvalue weighted by atomic mass is 79.9. The van der Waals surface area contributed by atoms with E-state index in [-0.39, 0.29) is 0 Å². The number of hydrogen-bond donors (Lipinski definition) is 0. The van der Waals surface area contributed by atoms with Crippen LogP contribution in [0.25, 0.3) is 0 Å². The van der Waals surface area contributed by atoms with Crippen molar-refractivity contribution in [3.05, 3.63) is 0 Å². The summed E-state index contributed by atoms with van der Waals surface area (Å²) >= 11 is 3.71. The Kier molecular flexibility index (Phi) is 3.91. The van der Waals surface area contributed by atoms with Gasteiger partial charge in [-0.05, 0) is 31.1 Å². The SMILES string of the molecule is CC(C)C1CCCC(Br)CC1. The van der Waals surface area contributed by atoms with E-state index in [1.807, 2.05) is 0 Å². The molecule has 0 radical (unpaired) electrons. The first-order valence-electron chi connectivity index (χ1n) is 4.84. The van der Waals surface area contributed by atoms with Gasteiger partial charge in [0.05, 0.1) is 0 Å². The molecule has 0 heterocycles. The van der Waals surface area contributed by atoms with Gasteiger partial charge in [0.25, 0.3) is 0 Å². The minimum atomic E-state index is 0.811. The second-order valence-corrected chi connectivity index (χ2v) is 5.40. The Labute approximate surface area is 78.9 Å². The van der Waals surface area contributed by atoms with Gasteiger partial charge in [-0.1, -0.05) is 42.6 Å². The number of halogens is 1. The fourth-order valence-electron chi connectivity index (χ4n) is 1.95. The molecule has 0 bridgehead atoms. The van der Waals surface area contributed by atoms with E-state index in [4.69, 9.17) is 0 Å². The van der Waals surface area contributed by atoms with Crippen LogP contribution in [0.4, 0.5) is 0 Å². The molecular weight excluding hydrogens is 200 g/mol. The van der Waals surface area contributed by atoms with Crippen molar-refractivity contribution in [2.24, 2.45) is 11.8 Å². The van der Waals surface area contributed by atoms with Crippen LogP contribution in [0, 0.1) is 11.8 Å². The monoisotopic (exact) mass is 218 g/mol. The molecular formula is C10H19Br. The van der Waals surface area contributed by atoms with E-state index < -0.39 is 0 Å². The Morgan fingerprint density at radius 1 is 1.09 bits per heavy atom. The van der Waals surface area contributed by atoms with E-state index in [2.05, 4.69) is 29.8 Å². The largest absolute Gasteiger partial charge is 0.0891 e. The van der Waals surface area contributed by atoms with Crippen LogP contribution in [0.5, 0.6) is 0 Å². The van der Waals surface area contributed by atoms with Crippen molar-refractivity contribution in [2.75, 3.05) is 0 Å². The van der Waals surface area contributed by atoms with Gasteiger partial charge >= 0.3 is 0 Å². The maximum Gasteiger partial charge on any atom is 0.0145 e. The molecule has 0 nitrogen and oxygen atoms in total. The fraction of sp³-hybridized carbons (Fsp3) is 1.00. The quantitative estimate of drug-likeness (QED) is 0.462. The lowest BCUT2D eigenvalue weighted by Crippen LogP contribution is -2.07. The summed E-state index contributed by atoms with van der Waals surface area (Å²) in [7, 11) is 0. The second-order valence-electron chi connectivity index (χ2n) is 4.11. The average Bonchev–Trinajstić information content (AvgIpc) is 2.13. The highest BCUT2D eigenvalue weighted by molar-refractivity contribution is 9.09. The van der Waals surface area contributed by atoms with Crippen molar-refractivity contribution in [2.45, 2.75) is 50.8 Å². The van der Waals surface area contributed by atoms with E-state index in [9.17, 15) is 0 Å². The van der Waals surface area contributed by atoms with Crippen LogP contribution >= 0.6 is 15.9 Å². The third-order valence-corrected chi connectivity index (χ3v) is 3.80. The van der Waals surface area contributed by atoms with Crippen molar-refractivity contribution >= 4 is 15.9 Å². The summed E-state index contributed by atoms with van der Waals surface area (Å²) in [6, 6.07) is 0. The molecule has 0 aromatic heterocycles. The number of rotatable bonds is 1.